The van der Waals surface area contributed by atoms with Gasteiger partial charge >= 0.3 is 0 Å². The van der Waals surface area contributed by atoms with E-state index in [0.29, 0.717) is 5.75 Å². The summed E-state index contributed by atoms with van der Waals surface area (Å²) in [5.41, 5.74) is 2.85. The van der Waals surface area contributed by atoms with Gasteiger partial charge in [0, 0.05) is 11.3 Å². The summed E-state index contributed by atoms with van der Waals surface area (Å²) in [6.07, 6.45) is 1.91. The standard InChI is InChI=1S/C16H14N2OS2/c1-20-10-15(19)17-12-6-4-5-11(9-12)16-18-13-7-2-3-8-14(13)21-16/h2-9H,10H2,1H3,(H,17,19). The smallest absolute Gasteiger partial charge is 0.234 e. The van der Waals surface area contributed by atoms with Crippen LogP contribution in [0.15, 0.2) is 48.5 Å². The third-order valence-electron chi connectivity index (χ3n) is 2.96. The third-order valence-corrected chi connectivity index (χ3v) is 4.60. The molecule has 0 bridgehead atoms. The Bertz CT molecular complexity index is 750. The lowest BCUT2D eigenvalue weighted by atomic mass is 10.2. The zero-order chi connectivity index (χ0) is 14.7. The summed E-state index contributed by atoms with van der Waals surface area (Å²) in [6.45, 7) is 0. The second kappa shape index (κ2) is 6.28. The van der Waals surface area contributed by atoms with Gasteiger partial charge in [-0.05, 0) is 30.5 Å². The quantitative estimate of drug-likeness (QED) is 0.782. The summed E-state index contributed by atoms with van der Waals surface area (Å²) in [4.78, 5) is 16.3. The van der Waals surface area contributed by atoms with Crippen molar-refractivity contribution in [3.63, 3.8) is 0 Å². The molecule has 3 aromatic rings. The number of nitrogens with one attached hydrogen (secondary N) is 1. The molecule has 106 valence electrons. The number of carbonyl (C=O) groups excluding carboxylic acids is 1. The van der Waals surface area contributed by atoms with E-state index in [2.05, 4.69) is 16.4 Å². The molecule has 5 heteroatoms. The van der Waals surface area contributed by atoms with Crippen LogP contribution >= 0.6 is 23.1 Å². The number of carbonyl (C=O) groups is 1. The van der Waals surface area contributed by atoms with Crippen molar-refractivity contribution in [1.29, 1.82) is 0 Å². The molecule has 0 atom stereocenters. The van der Waals surface area contributed by atoms with Crippen LogP contribution in [0.3, 0.4) is 0 Å². The Labute approximate surface area is 131 Å². The number of amides is 1. The number of para-hydroxylation sites is 1. The first-order chi connectivity index (χ1) is 10.3. The van der Waals surface area contributed by atoms with Crippen LogP contribution in [0.25, 0.3) is 20.8 Å². The molecule has 3 rings (SSSR count). The molecule has 1 aromatic heterocycles. The van der Waals surface area contributed by atoms with Crippen molar-refractivity contribution in [1.82, 2.24) is 4.98 Å². The van der Waals surface area contributed by atoms with Crippen LogP contribution in [0.5, 0.6) is 0 Å². The maximum atomic E-state index is 11.7. The molecule has 0 radical (unpaired) electrons. The van der Waals surface area contributed by atoms with Crippen LogP contribution in [-0.2, 0) is 4.79 Å². The van der Waals surface area contributed by atoms with Gasteiger partial charge in [0.15, 0.2) is 0 Å². The van der Waals surface area contributed by atoms with Gasteiger partial charge < -0.3 is 5.32 Å². The van der Waals surface area contributed by atoms with Crippen LogP contribution in [0, 0.1) is 0 Å². The van der Waals surface area contributed by atoms with Crippen molar-refractivity contribution in [2.75, 3.05) is 17.3 Å². The Hall–Kier alpha value is -1.85. The number of rotatable bonds is 4. The second-order valence-corrected chi connectivity index (χ2v) is 6.45. The predicted octanol–water partition coefficient (Wildman–Crippen LogP) is 4.26. The summed E-state index contributed by atoms with van der Waals surface area (Å²) >= 11 is 3.17. The van der Waals surface area contributed by atoms with Gasteiger partial charge in [-0.25, -0.2) is 4.98 Å². The van der Waals surface area contributed by atoms with Crippen molar-refractivity contribution in [2.24, 2.45) is 0 Å². The maximum Gasteiger partial charge on any atom is 0.234 e. The molecule has 0 unspecified atom stereocenters. The molecule has 0 saturated heterocycles. The van der Waals surface area contributed by atoms with E-state index < -0.39 is 0 Å². The molecule has 1 N–H and O–H groups in total. The highest BCUT2D eigenvalue weighted by Crippen LogP contribution is 2.31. The lowest BCUT2D eigenvalue weighted by molar-refractivity contribution is -0.113. The van der Waals surface area contributed by atoms with Gasteiger partial charge in [-0.3, -0.25) is 4.79 Å². The minimum absolute atomic E-state index is 0.0175. The lowest BCUT2D eigenvalue weighted by Gasteiger charge is -2.05. The number of fused-ring (bicyclic) bond motifs is 1. The molecule has 0 aliphatic heterocycles. The van der Waals surface area contributed by atoms with E-state index in [4.69, 9.17) is 0 Å². The largest absolute Gasteiger partial charge is 0.325 e. The molecule has 1 amide bonds. The van der Waals surface area contributed by atoms with Crippen molar-refractivity contribution >= 4 is 44.9 Å². The summed E-state index contributed by atoms with van der Waals surface area (Å²) in [5, 5.41) is 3.87. The van der Waals surface area contributed by atoms with E-state index >= 15 is 0 Å². The highest BCUT2D eigenvalue weighted by atomic mass is 32.2. The van der Waals surface area contributed by atoms with Crippen molar-refractivity contribution in [3.05, 3.63) is 48.5 Å². The topological polar surface area (TPSA) is 42.0 Å². The van der Waals surface area contributed by atoms with E-state index in [9.17, 15) is 4.79 Å². The van der Waals surface area contributed by atoms with E-state index in [1.165, 1.54) is 16.5 Å². The Morgan fingerprint density at radius 1 is 1.24 bits per heavy atom. The average molecular weight is 314 g/mol. The number of hydrogen-bond acceptors (Lipinski definition) is 4. The van der Waals surface area contributed by atoms with E-state index in [1.54, 1.807) is 11.3 Å². The van der Waals surface area contributed by atoms with Gasteiger partial charge in [0.05, 0.1) is 16.0 Å². The van der Waals surface area contributed by atoms with Crippen LogP contribution in [0.4, 0.5) is 5.69 Å². The SMILES string of the molecule is CSCC(=O)Nc1cccc(-c2nc3ccccc3s2)c1. The number of benzene rings is 2. The van der Waals surface area contributed by atoms with Gasteiger partial charge in [-0.2, -0.15) is 11.8 Å². The van der Waals surface area contributed by atoms with Gasteiger partial charge in [-0.15, -0.1) is 11.3 Å². The van der Waals surface area contributed by atoms with Crippen molar-refractivity contribution in [3.8, 4) is 10.6 Å². The molecule has 0 aliphatic rings. The lowest BCUT2D eigenvalue weighted by Crippen LogP contribution is -2.13. The van der Waals surface area contributed by atoms with Crippen molar-refractivity contribution in [2.45, 2.75) is 0 Å². The molecular weight excluding hydrogens is 300 g/mol. The van der Waals surface area contributed by atoms with Gasteiger partial charge in [0.25, 0.3) is 0 Å². The van der Waals surface area contributed by atoms with Crippen LogP contribution in [0.2, 0.25) is 0 Å². The highest BCUT2D eigenvalue weighted by molar-refractivity contribution is 7.99. The fourth-order valence-electron chi connectivity index (χ4n) is 2.05. The molecule has 0 spiro atoms. The Morgan fingerprint density at radius 3 is 2.90 bits per heavy atom. The van der Waals surface area contributed by atoms with Gasteiger partial charge in [0.2, 0.25) is 5.91 Å². The molecule has 0 aliphatic carbocycles. The number of nitrogens with zero attached hydrogens (tertiary/aromatic N) is 1. The Morgan fingerprint density at radius 2 is 2.10 bits per heavy atom. The van der Waals surface area contributed by atoms with Crippen LogP contribution < -0.4 is 5.32 Å². The number of thioether (sulfide) groups is 1. The summed E-state index contributed by atoms with van der Waals surface area (Å²) in [7, 11) is 0. The summed E-state index contributed by atoms with van der Waals surface area (Å²) in [6, 6.07) is 15.9. The predicted molar refractivity (Wildman–Crippen MR) is 92.1 cm³/mol. The molecule has 21 heavy (non-hydrogen) atoms. The molecule has 0 saturated carbocycles. The summed E-state index contributed by atoms with van der Waals surface area (Å²) < 4.78 is 1.17. The zero-order valence-corrected chi connectivity index (χ0v) is 13.1. The molecular formula is C16H14N2OS2. The zero-order valence-electron chi connectivity index (χ0n) is 11.5. The summed E-state index contributed by atoms with van der Waals surface area (Å²) in [5.74, 6) is 0.481. The molecule has 0 fully saturated rings. The molecule has 1 heterocycles. The van der Waals surface area contributed by atoms with E-state index in [-0.39, 0.29) is 5.91 Å². The normalized spacial score (nSPS) is 10.7. The Balaban J connectivity index is 1.90. The number of hydrogen-bond donors (Lipinski definition) is 1. The van der Waals surface area contributed by atoms with Gasteiger partial charge in [0.1, 0.15) is 5.01 Å². The molecule has 3 nitrogen and oxygen atoms in total. The minimum atomic E-state index is 0.0175. The van der Waals surface area contributed by atoms with Gasteiger partial charge in [-0.1, -0.05) is 24.3 Å². The van der Waals surface area contributed by atoms with Crippen LogP contribution in [0.1, 0.15) is 0 Å². The van der Waals surface area contributed by atoms with E-state index in [0.717, 1.165) is 21.8 Å². The first-order valence-corrected chi connectivity index (χ1v) is 8.72. The second-order valence-electron chi connectivity index (χ2n) is 4.55. The fraction of sp³-hybridized carbons (Fsp3) is 0.125. The monoisotopic (exact) mass is 314 g/mol. The van der Waals surface area contributed by atoms with Crippen molar-refractivity contribution < 1.29 is 4.79 Å². The number of anilines is 1. The van der Waals surface area contributed by atoms with Crippen LogP contribution in [-0.4, -0.2) is 22.9 Å². The average Bonchev–Trinajstić information content (AvgIpc) is 2.91. The third kappa shape index (κ3) is 3.25. The van der Waals surface area contributed by atoms with E-state index in [1.807, 2.05) is 48.7 Å². The first-order valence-electron chi connectivity index (χ1n) is 6.51. The molecule has 2 aromatic carbocycles. The minimum Gasteiger partial charge on any atom is -0.325 e. The highest BCUT2D eigenvalue weighted by Gasteiger charge is 2.07. The fourth-order valence-corrected chi connectivity index (χ4v) is 3.35. The maximum absolute atomic E-state index is 11.7. The first kappa shape index (κ1) is 14.1. The number of aromatic nitrogens is 1. The number of thiazole rings is 1. The Kier molecular flexibility index (Phi) is 4.22.